The van der Waals surface area contributed by atoms with Crippen LogP contribution in [-0.2, 0) is 9.47 Å². The Morgan fingerprint density at radius 1 is 1.19 bits per heavy atom. The van der Waals surface area contributed by atoms with Crippen LogP contribution in [0.15, 0.2) is 0 Å². The summed E-state index contributed by atoms with van der Waals surface area (Å²) in [6.45, 7) is 13.4. The minimum Gasteiger partial charge on any atom is -0.444 e. The molecule has 0 aliphatic rings. The molecule has 0 unspecified atom stereocenters. The molecule has 4 nitrogen and oxygen atoms in total. The second kappa shape index (κ2) is 6.09. The predicted molar refractivity (Wildman–Crippen MR) is 64.5 cm³/mol. The Hall–Kier alpha value is -0.770. The van der Waals surface area contributed by atoms with Crippen molar-refractivity contribution in [2.75, 3.05) is 19.8 Å². The first-order valence-corrected chi connectivity index (χ1v) is 5.71. The van der Waals surface area contributed by atoms with Crippen molar-refractivity contribution in [3.8, 4) is 0 Å². The molecule has 0 aromatic rings. The number of alkyl carbamates (subject to hydrolysis) is 1. The number of carbonyl (C=O) groups is 1. The Balaban J connectivity index is 3.90. The van der Waals surface area contributed by atoms with Crippen LogP contribution in [0.4, 0.5) is 4.79 Å². The average Bonchev–Trinajstić information content (AvgIpc) is 2.09. The smallest absolute Gasteiger partial charge is 0.407 e. The first-order chi connectivity index (χ1) is 7.16. The van der Waals surface area contributed by atoms with Gasteiger partial charge in [-0.05, 0) is 27.7 Å². The molecule has 0 radical (unpaired) electrons. The summed E-state index contributed by atoms with van der Waals surface area (Å²) in [6, 6.07) is 0. The van der Waals surface area contributed by atoms with Crippen molar-refractivity contribution in [1.82, 2.24) is 5.32 Å². The van der Waals surface area contributed by atoms with E-state index in [9.17, 15) is 4.79 Å². The van der Waals surface area contributed by atoms with Crippen LogP contribution in [0.1, 0.15) is 41.5 Å². The fourth-order valence-electron chi connectivity index (χ4n) is 1.06. The number of amides is 1. The first-order valence-electron chi connectivity index (χ1n) is 5.71. The summed E-state index contributed by atoms with van der Waals surface area (Å²) < 4.78 is 10.5. The highest BCUT2D eigenvalue weighted by atomic mass is 16.6. The molecule has 16 heavy (non-hydrogen) atoms. The van der Waals surface area contributed by atoms with Gasteiger partial charge in [-0.15, -0.1) is 0 Å². The number of nitrogens with one attached hydrogen (secondary N) is 1. The van der Waals surface area contributed by atoms with E-state index < -0.39 is 5.60 Å². The molecule has 0 atom stereocenters. The normalized spacial score (nSPS) is 12.4. The Bertz CT molecular complexity index is 219. The van der Waals surface area contributed by atoms with E-state index in [4.69, 9.17) is 9.47 Å². The molecule has 0 aromatic heterocycles. The Morgan fingerprint density at radius 3 is 2.19 bits per heavy atom. The zero-order valence-corrected chi connectivity index (χ0v) is 11.3. The van der Waals surface area contributed by atoms with Crippen molar-refractivity contribution in [3.63, 3.8) is 0 Å². The molecule has 96 valence electrons. The molecular weight excluding hydrogens is 206 g/mol. The van der Waals surface area contributed by atoms with Crippen LogP contribution in [-0.4, -0.2) is 31.5 Å². The van der Waals surface area contributed by atoms with E-state index in [2.05, 4.69) is 5.32 Å². The predicted octanol–water partition coefficient (Wildman–Crippen LogP) is 2.57. The molecule has 0 aliphatic heterocycles. The highest BCUT2D eigenvalue weighted by Gasteiger charge is 2.21. The Morgan fingerprint density at radius 2 is 1.75 bits per heavy atom. The van der Waals surface area contributed by atoms with Crippen molar-refractivity contribution in [2.24, 2.45) is 5.41 Å². The van der Waals surface area contributed by atoms with Crippen molar-refractivity contribution in [1.29, 1.82) is 0 Å². The fourth-order valence-corrected chi connectivity index (χ4v) is 1.06. The van der Waals surface area contributed by atoms with Gasteiger partial charge in [-0.3, -0.25) is 0 Å². The fraction of sp³-hybridized carbons (Fsp3) is 0.917. The van der Waals surface area contributed by atoms with Crippen molar-refractivity contribution < 1.29 is 14.3 Å². The number of hydrogen-bond acceptors (Lipinski definition) is 3. The SMILES string of the molecule is CCOCC(C)(C)CNC(=O)OC(C)(C)C. The zero-order chi connectivity index (χ0) is 12.8. The summed E-state index contributed by atoms with van der Waals surface area (Å²) in [6.07, 6.45) is -0.378. The molecule has 0 aliphatic carbocycles. The third-order valence-electron chi connectivity index (χ3n) is 1.81. The van der Waals surface area contributed by atoms with Crippen LogP contribution in [0.3, 0.4) is 0 Å². The summed E-state index contributed by atoms with van der Waals surface area (Å²) in [4.78, 5) is 11.4. The van der Waals surface area contributed by atoms with Crippen LogP contribution < -0.4 is 5.32 Å². The van der Waals surface area contributed by atoms with Crippen LogP contribution in [0.25, 0.3) is 0 Å². The van der Waals surface area contributed by atoms with E-state index in [1.807, 2.05) is 41.5 Å². The molecule has 0 bridgehead atoms. The molecule has 0 rings (SSSR count). The van der Waals surface area contributed by atoms with Gasteiger partial charge in [-0.25, -0.2) is 4.79 Å². The van der Waals surface area contributed by atoms with Gasteiger partial charge in [0.05, 0.1) is 6.61 Å². The quantitative estimate of drug-likeness (QED) is 0.791. The summed E-state index contributed by atoms with van der Waals surface area (Å²) >= 11 is 0. The lowest BCUT2D eigenvalue weighted by Crippen LogP contribution is -2.39. The number of ether oxygens (including phenoxy) is 2. The van der Waals surface area contributed by atoms with Gasteiger partial charge in [0, 0.05) is 18.6 Å². The molecule has 0 spiro atoms. The molecular formula is C12H25NO3. The highest BCUT2D eigenvalue weighted by Crippen LogP contribution is 2.14. The summed E-state index contributed by atoms with van der Waals surface area (Å²) in [5, 5.41) is 2.75. The molecule has 0 saturated heterocycles. The van der Waals surface area contributed by atoms with Gasteiger partial charge >= 0.3 is 6.09 Å². The van der Waals surface area contributed by atoms with Gasteiger partial charge < -0.3 is 14.8 Å². The van der Waals surface area contributed by atoms with E-state index in [-0.39, 0.29) is 11.5 Å². The van der Waals surface area contributed by atoms with Crippen LogP contribution in [0.2, 0.25) is 0 Å². The van der Waals surface area contributed by atoms with E-state index >= 15 is 0 Å². The molecule has 0 heterocycles. The first kappa shape index (κ1) is 15.2. The standard InChI is InChI=1S/C12H25NO3/c1-7-15-9-12(5,6)8-13-10(14)16-11(2,3)4/h7-9H2,1-6H3,(H,13,14). The second-order valence-corrected chi connectivity index (χ2v) is 5.66. The van der Waals surface area contributed by atoms with E-state index in [0.29, 0.717) is 19.8 Å². The third kappa shape index (κ3) is 8.53. The maximum absolute atomic E-state index is 11.4. The Kier molecular flexibility index (Phi) is 5.79. The third-order valence-corrected chi connectivity index (χ3v) is 1.81. The summed E-state index contributed by atoms with van der Waals surface area (Å²) in [5.74, 6) is 0. The average molecular weight is 231 g/mol. The van der Waals surface area contributed by atoms with Crippen LogP contribution in [0.5, 0.6) is 0 Å². The highest BCUT2D eigenvalue weighted by molar-refractivity contribution is 5.67. The largest absolute Gasteiger partial charge is 0.444 e. The van der Waals surface area contributed by atoms with Crippen molar-refractivity contribution >= 4 is 6.09 Å². The van der Waals surface area contributed by atoms with Gasteiger partial charge in [0.1, 0.15) is 5.60 Å². The van der Waals surface area contributed by atoms with Crippen molar-refractivity contribution in [2.45, 2.75) is 47.1 Å². The van der Waals surface area contributed by atoms with Crippen LogP contribution in [0, 0.1) is 5.41 Å². The van der Waals surface area contributed by atoms with Crippen molar-refractivity contribution in [3.05, 3.63) is 0 Å². The molecule has 0 aromatic carbocycles. The van der Waals surface area contributed by atoms with Gasteiger partial charge in [0.25, 0.3) is 0 Å². The lowest BCUT2D eigenvalue weighted by atomic mass is 9.95. The number of rotatable bonds is 5. The zero-order valence-electron chi connectivity index (χ0n) is 11.3. The van der Waals surface area contributed by atoms with Crippen LogP contribution >= 0.6 is 0 Å². The number of carbonyl (C=O) groups excluding carboxylic acids is 1. The maximum atomic E-state index is 11.4. The summed E-state index contributed by atoms with van der Waals surface area (Å²) in [7, 11) is 0. The van der Waals surface area contributed by atoms with Gasteiger partial charge in [0.15, 0.2) is 0 Å². The number of hydrogen-bond donors (Lipinski definition) is 1. The monoisotopic (exact) mass is 231 g/mol. The molecule has 1 amide bonds. The molecule has 4 heteroatoms. The second-order valence-electron chi connectivity index (χ2n) is 5.66. The van der Waals surface area contributed by atoms with E-state index in [1.165, 1.54) is 0 Å². The minimum absolute atomic E-state index is 0.0765. The molecule has 0 fully saturated rings. The van der Waals surface area contributed by atoms with E-state index in [1.54, 1.807) is 0 Å². The minimum atomic E-state index is -0.450. The lowest BCUT2D eigenvalue weighted by molar-refractivity contribution is 0.0427. The molecule has 1 N–H and O–H groups in total. The van der Waals surface area contributed by atoms with Gasteiger partial charge in [0.2, 0.25) is 0 Å². The van der Waals surface area contributed by atoms with E-state index in [0.717, 1.165) is 0 Å². The van der Waals surface area contributed by atoms with Gasteiger partial charge in [-0.2, -0.15) is 0 Å². The topological polar surface area (TPSA) is 47.6 Å². The molecule has 0 saturated carbocycles. The van der Waals surface area contributed by atoms with Gasteiger partial charge in [-0.1, -0.05) is 13.8 Å². The lowest BCUT2D eigenvalue weighted by Gasteiger charge is -2.26. The Labute approximate surface area is 98.7 Å². The maximum Gasteiger partial charge on any atom is 0.407 e. The summed E-state index contributed by atoms with van der Waals surface area (Å²) in [5.41, 5.74) is -0.527.